The van der Waals surface area contributed by atoms with E-state index in [2.05, 4.69) is 10.6 Å². The first kappa shape index (κ1) is 22.2. The number of carbonyl (C=O) groups is 2. The van der Waals surface area contributed by atoms with Crippen LogP contribution in [0, 0.1) is 5.41 Å². The van der Waals surface area contributed by atoms with Crippen LogP contribution in [0.1, 0.15) is 29.6 Å². The SMILES string of the molecule is Cl.O=C(NCC(=O)N1CCC[C@]2(CNCC[C@@H]2O)C1)c1cc(Cl)ccc1Cl. The van der Waals surface area contributed by atoms with Gasteiger partial charge >= 0.3 is 0 Å². The monoisotopic (exact) mass is 435 g/mol. The number of aliphatic hydroxyl groups excluding tert-OH is 1. The molecule has 2 atom stereocenters. The molecule has 2 amide bonds. The highest BCUT2D eigenvalue weighted by Crippen LogP contribution is 2.36. The van der Waals surface area contributed by atoms with Crippen LogP contribution in [-0.2, 0) is 4.79 Å². The second-order valence-electron chi connectivity index (χ2n) is 7.07. The number of benzene rings is 1. The summed E-state index contributed by atoms with van der Waals surface area (Å²) in [5.41, 5.74) is -0.0409. The summed E-state index contributed by atoms with van der Waals surface area (Å²) in [6.45, 7) is 2.55. The molecule has 6 nitrogen and oxygen atoms in total. The van der Waals surface area contributed by atoms with Crippen molar-refractivity contribution in [1.29, 1.82) is 0 Å². The number of carbonyl (C=O) groups excluding carboxylic acids is 2. The largest absolute Gasteiger partial charge is 0.392 e. The highest BCUT2D eigenvalue weighted by molar-refractivity contribution is 6.35. The predicted molar refractivity (Wildman–Crippen MR) is 108 cm³/mol. The van der Waals surface area contributed by atoms with Crippen LogP contribution >= 0.6 is 35.6 Å². The number of hydrogen-bond donors (Lipinski definition) is 3. The average molecular weight is 437 g/mol. The Hall–Kier alpha value is -1.05. The highest BCUT2D eigenvalue weighted by atomic mass is 35.5. The summed E-state index contributed by atoms with van der Waals surface area (Å²) in [6, 6.07) is 4.62. The third kappa shape index (κ3) is 5.06. The molecule has 2 aliphatic rings. The quantitative estimate of drug-likeness (QED) is 0.678. The number of hydrogen-bond acceptors (Lipinski definition) is 4. The molecule has 9 heteroatoms. The maximum atomic E-state index is 12.6. The van der Waals surface area contributed by atoms with Gasteiger partial charge in [-0.1, -0.05) is 23.2 Å². The van der Waals surface area contributed by atoms with Crippen LogP contribution in [0.4, 0.5) is 0 Å². The van der Waals surface area contributed by atoms with Gasteiger partial charge in [-0.3, -0.25) is 9.59 Å². The normalized spacial score (nSPS) is 25.0. The van der Waals surface area contributed by atoms with Gasteiger partial charge in [-0.25, -0.2) is 0 Å². The Labute approximate surface area is 175 Å². The number of nitrogens with one attached hydrogen (secondary N) is 2. The van der Waals surface area contributed by atoms with Gasteiger partial charge in [0.1, 0.15) is 0 Å². The molecule has 2 aliphatic heterocycles. The topological polar surface area (TPSA) is 81.7 Å². The van der Waals surface area contributed by atoms with E-state index in [1.807, 2.05) is 0 Å². The molecule has 0 radical (unpaired) electrons. The van der Waals surface area contributed by atoms with E-state index in [1.54, 1.807) is 17.0 Å². The first-order valence-corrected chi connectivity index (χ1v) is 9.57. The van der Waals surface area contributed by atoms with Gasteiger partial charge in [0, 0.05) is 30.1 Å². The number of rotatable bonds is 3. The summed E-state index contributed by atoms with van der Waals surface area (Å²) in [5, 5.41) is 17.1. The fourth-order valence-electron chi connectivity index (χ4n) is 3.82. The van der Waals surface area contributed by atoms with Crippen molar-refractivity contribution >= 4 is 47.4 Å². The molecule has 0 aromatic heterocycles. The lowest BCUT2D eigenvalue weighted by atomic mass is 9.72. The Morgan fingerprint density at radius 2 is 2.15 bits per heavy atom. The van der Waals surface area contributed by atoms with E-state index in [0.29, 0.717) is 31.1 Å². The molecule has 2 fully saturated rings. The maximum Gasteiger partial charge on any atom is 0.253 e. The molecule has 0 saturated carbocycles. The van der Waals surface area contributed by atoms with Crippen molar-refractivity contribution in [3.63, 3.8) is 0 Å². The second-order valence-corrected chi connectivity index (χ2v) is 7.91. The fraction of sp³-hybridized carbons (Fsp3) is 0.556. The van der Waals surface area contributed by atoms with E-state index in [9.17, 15) is 14.7 Å². The fourth-order valence-corrected chi connectivity index (χ4v) is 4.20. The molecule has 2 saturated heterocycles. The number of likely N-dealkylation sites (tertiary alicyclic amines) is 1. The lowest BCUT2D eigenvalue weighted by molar-refractivity contribution is -0.137. The molecule has 1 aromatic carbocycles. The van der Waals surface area contributed by atoms with Crippen LogP contribution in [0.5, 0.6) is 0 Å². The van der Waals surface area contributed by atoms with Crippen molar-refractivity contribution in [1.82, 2.24) is 15.5 Å². The molecule has 1 aromatic rings. The van der Waals surface area contributed by atoms with E-state index in [4.69, 9.17) is 23.2 Å². The lowest BCUT2D eigenvalue weighted by Gasteiger charge is -2.48. The van der Waals surface area contributed by atoms with Crippen molar-refractivity contribution < 1.29 is 14.7 Å². The summed E-state index contributed by atoms with van der Waals surface area (Å²) >= 11 is 11.9. The maximum absolute atomic E-state index is 12.6. The Morgan fingerprint density at radius 3 is 2.89 bits per heavy atom. The Balaban J connectivity index is 0.00000261. The molecular formula is C18H24Cl3N3O3. The standard InChI is InChI=1S/C18H23Cl2N3O3.ClH/c19-12-2-3-14(20)13(8-12)17(26)22-9-16(25)23-7-1-5-18(11-23)10-21-6-4-15(18)24;/h2-3,8,15,21,24H,1,4-7,9-11H2,(H,22,26);1H/t15-,18-;/m0./s1. The van der Waals surface area contributed by atoms with Crippen molar-refractivity contribution in [2.24, 2.45) is 5.41 Å². The first-order valence-electron chi connectivity index (χ1n) is 8.81. The van der Waals surface area contributed by atoms with Crippen LogP contribution in [-0.4, -0.2) is 60.6 Å². The van der Waals surface area contributed by atoms with Crippen molar-refractivity contribution in [3.05, 3.63) is 33.8 Å². The lowest BCUT2D eigenvalue weighted by Crippen LogP contribution is -2.59. The van der Waals surface area contributed by atoms with Gasteiger partial charge in [0.25, 0.3) is 5.91 Å². The molecule has 1 spiro atoms. The number of piperidine rings is 2. The summed E-state index contributed by atoms with van der Waals surface area (Å²) in [7, 11) is 0. The zero-order valence-corrected chi connectivity index (χ0v) is 17.2. The van der Waals surface area contributed by atoms with E-state index >= 15 is 0 Å². The minimum absolute atomic E-state index is 0. The number of aliphatic hydroxyl groups is 1. The third-order valence-corrected chi connectivity index (χ3v) is 5.88. The molecular weight excluding hydrogens is 413 g/mol. The average Bonchev–Trinajstić information content (AvgIpc) is 2.64. The number of amides is 2. The van der Waals surface area contributed by atoms with Gasteiger partial charge in [-0.05, 0) is 44.0 Å². The molecule has 3 rings (SSSR count). The van der Waals surface area contributed by atoms with Gasteiger partial charge in [-0.2, -0.15) is 0 Å². The van der Waals surface area contributed by atoms with Crippen molar-refractivity contribution in [2.75, 3.05) is 32.7 Å². The predicted octanol–water partition coefficient (Wildman–Crippen LogP) is 2.11. The van der Waals surface area contributed by atoms with Gasteiger partial charge in [0.15, 0.2) is 0 Å². The molecule has 0 aliphatic carbocycles. The van der Waals surface area contributed by atoms with Gasteiger partial charge < -0.3 is 20.6 Å². The zero-order chi connectivity index (χ0) is 18.7. The van der Waals surface area contributed by atoms with E-state index in [1.165, 1.54) is 6.07 Å². The zero-order valence-electron chi connectivity index (χ0n) is 14.8. The van der Waals surface area contributed by atoms with Crippen LogP contribution in [0.3, 0.4) is 0 Å². The summed E-state index contributed by atoms with van der Waals surface area (Å²) in [6.07, 6.45) is 2.04. The molecule has 27 heavy (non-hydrogen) atoms. The number of halogens is 3. The molecule has 0 unspecified atom stereocenters. The van der Waals surface area contributed by atoms with E-state index < -0.39 is 12.0 Å². The minimum Gasteiger partial charge on any atom is -0.392 e. The van der Waals surface area contributed by atoms with Crippen molar-refractivity contribution in [2.45, 2.75) is 25.4 Å². The minimum atomic E-state index is -0.433. The molecule has 3 N–H and O–H groups in total. The summed E-state index contributed by atoms with van der Waals surface area (Å²) in [5.74, 6) is -0.592. The Bertz CT molecular complexity index is 700. The summed E-state index contributed by atoms with van der Waals surface area (Å²) < 4.78 is 0. The van der Waals surface area contributed by atoms with Crippen LogP contribution in [0.15, 0.2) is 18.2 Å². The smallest absolute Gasteiger partial charge is 0.253 e. The van der Waals surface area contributed by atoms with Gasteiger partial charge in [-0.15, -0.1) is 12.4 Å². The van der Waals surface area contributed by atoms with Crippen LogP contribution in [0.25, 0.3) is 0 Å². The third-order valence-electron chi connectivity index (χ3n) is 5.31. The van der Waals surface area contributed by atoms with Crippen LogP contribution in [0.2, 0.25) is 10.0 Å². The Morgan fingerprint density at radius 1 is 1.37 bits per heavy atom. The van der Waals surface area contributed by atoms with Gasteiger partial charge in [0.2, 0.25) is 5.91 Å². The molecule has 0 bridgehead atoms. The second kappa shape index (κ2) is 9.43. The van der Waals surface area contributed by atoms with Crippen molar-refractivity contribution in [3.8, 4) is 0 Å². The first-order chi connectivity index (χ1) is 12.4. The molecule has 2 heterocycles. The van der Waals surface area contributed by atoms with E-state index in [-0.39, 0.29) is 40.9 Å². The van der Waals surface area contributed by atoms with E-state index in [0.717, 1.165) is 19.4 Å². The van der Waals surface area contributed by atoms with Crippen LogP contribution < -0.4 is 10.6 Å². The Kier molecular flexibility index (Phi) is 7.77. The molecule has 150 valence electrons. The number of nitrogens with zero attached hydrogens (tertiary/aromatic N) is 1. The van der Waals surface area contributed by atoms with Gasteiger partial charge in [0.05, 0.1) is 23.2 Å². The highest BCUT2D eigenvalue weighted by Gasteiger charge is 2.44. The summed E-state index contributed by atoms with van der Waals surface area (Å²) in [4.78, 5) is 26.6.